The van der Waals surface area contributed by atoms with Crippen molar-refractivity contribution >= 4 is 33.3 Å². The third-order valence-electron chi connectivity index (χ3n) is 7.34. The molecule has 0 saturated heterocycles. The predicted octanol–water partition coefficient (Wildman–Crippen LogP) is 6.57. The molecule has 3 heterocycles. The lowest BCUT2D eigenvalue weighted by Gasteiger charge is -2.26. The van der Waals surface area contributed by atoms with Gasteiger partial charge in [0.1, 0.15) is 28.0 Å². The fourth-order valence-electron chi connectivity index (χ4n) is 5.22. The highest BCUT2D eigenvalue weighted by Gasteiger charge is 2.35. The second-order valence-corrected chi connectivity index (χ2v) is 11.7. The molecule has 0 radical (unpaired) electrons. The van der Waals surface area contributed by atoms with Crippen LogP contribution >= 0.6 is 11.3 Å². The van der Waals surface area contributed by atoms with E-state index in [0.29, 0.717) is 11.5 Å². The highest BCUT2D eigenvalue weighted by Crippen LogP contribution is 2.40. The topological polar surface area (TPSA) is 95.9 Å². The molecule has 200 valence electrons. The number of aromatic nitrogens is 4. The van der Waals surface area contributed by atoms with E-state index in [0.717, 1.165) is 45.7 Å². The predicted molar refractivity (Wildman–Crippen MR) is 147 cm³/mol. The van der Waals surface area contributed by atoms with Crippen molar-refractivity contribution in [3.05, 3.63) is 59.0 Å². The number of hydrogen-bond acceptors (Lipinski definition) is 8. The highest BCUT2D eigenvalue weighted by molar-refractivity contribution is 7.21. The van der Waals surface area contributed by atoms with Crippen LogP contribution in [0.25, 0.3) is 20.8 Å². The van der Waals surface area contributed by atoms with Crippen LogP contribution in [-0.4, -0.2) is 36.7 Å². The molecule has 1 saturated carbocycles. The van der Waals surface area contributed by atoms with E-state index in [1.165, 1.54) is 18.2 Å². The molecule has 3 atom stereocenters. The van der Waals surface area contributed by atoms with Gasteiger partial charge in [-0.25, -0.2) is 18.7 Å². The van der Waals surface area contributed by atoms with E-state index in [1.54, 1.807) is 24.5 Å². The number of nitrogens with zero attached hydrogens (tertiary/aromatic N) is 4. The summed E-state index contributed by atoms with van der Waals surface area (Å²) < 4.78 is 29.9. The first kappa shape index (κ1) is 26.4. The van der Waals surface area contributed by atoms with Crippen molar-refractivity contribution < 1.29 is 13.9 Å². The van der Waals surface area contributed by atoms with Crippen molar-refractivity contribution in [2.45, 2.75) is 71.6 Å². The van der Waals surface area contributed by atoms with Crippen LogP contribution in [0, 0.1) is 31.4 Å². The second kappa shape index (κ2) is 10.1. The summed E-state index contributed by atoms with van der Waals surface area (Å²) in [5.41, 5.74) is 2.34. The van der Waals surface area contributed by atoms with Crippen molar-refractivity contribution in [3.8, 4) is 10.6 Å². The summed E-state index contributed by atoms with van der Waals surface area (Å²) in [5, 5.41) is 18.0. The summed E-state index contributed by atoms with van der Waals surface area (Å²) in [5.74, 6) is -0.214. The SMILES string of the molecule is Cc1nc(NC(C)c2c(F)cccc2F)nc(NC2CCC(C(C)(C)O)C2)c1-c1nc2c(C)nccc2s1. The van der Waals surface area contributed by atoms with Crippen molar-refractivity contribution in [2.75, 3.05) is 10.6 Å². The van der Waals surface area contributed by atoms with Gasteiger partial charge in [-0.05, 0) is 78.0 Å². The molecular formula is C28H32F2N6OS. The van der Waals surface area contributed by atoms with Gasteiger partial charge in [0.05, 0.1) is 33.3 Å². The molecular weight excluding hydrogens is 506 g/mol. The average Bonchev–Trinajstić information content (AvgIpc) is 3.47. The maximum atomic E-state index is 14.4. The van der Waals surface area contributed by atoms with Crippen LogP contribution in [0.15, 0.2) is 30.5 Å². The summed E-state index contributed by atoms with van der Waals surface area (Å²) in [6, 6.07) is 5.17. The molecule has 0 amide bonds. The Balaban J connectivity index is 1.53. The van der Waals surface area contributed by atoms with Crippen LogP contribution in [0.3, 0.4) is 0 Å². The zero-order chi connectivity index (χ0) is 27.2. The van der Waals surface area contributed by atoms with Crippen molar-refractivity contribution in [2.24, 2.45) is 5.92 Å². The van der Waals surface area contributed by atoms with Crippen LogP contribution in [0.4, 0.5) is 20.5 Å². The number of benzene rings is 1. The molecule has 1 fully saturated rings. The van der Waals surface area contributed by atoms with Crippen LogP contribution in [0.5, 0.6) is 0 Å². The number of fused-ring (bicyclic) bond motifs is 1. The van der Waals surface area contributed by atoms with E-state index in [-0.39, 0.29) is 23.5 Å². The molecule has 1 aliphatic carbocycles. The molecule has 3 aromatic heterocycles. The van der Waals surface area contributed by atoms with Gasteiger partial charge in [0.15, 0.2) is 0 Å². The number of anilines is 2. The zero-order valence-electron chi connectivity index (χ0n) is 22.1. The first-order valence-corrected chi connectivity index (χ1v) is 13.6. The first-order chi connectivity index (χ1) is 18.0. The van der Waals surface area contributed by atoms with Gasteiger partial charge in [-0.15, -0.1) is 11.3 Å². The fraction of sp³-hybridized carbons (Fsp3) is 0.429. The minimum atomic E-state index is -0.760. The van der Waals surface area contributed by atoms with Crippen molar-refractivity contribution in [1.82, 2.24) is 19.9 Å². The third kappa shape index (κ3) is 5.19. The minimum absolute atomic E-state index is 0.0645. The smallest absolute Gasteiger partial charge is 0.225 e. The Kier molecular flexibility index (Phi) is 7.04. The van der Waals surface area contributed by atoms with Crippen LogP contribution in [0.2, 0.25) is 0 Å². The van der Waals surface area contributed by atoms with E-state index in [2.05, 4.69) is 20.6 Å². The Morgan fingerprint density at radius 1 is 1.05 bits per heavy atom. The number of thiazole rings is 1. The van der Waals surface area contributed by atoms with Crippen LogP contribution in [0.1, 0.15) is 63.0 Å². The maximum absolute atomic E-state index is 14.4. The molecule has 0 spiro atoms. The third-order valence-corrected chi connectivity index (χ3v) is 8.38. The summed E-state index contributed by atoms with van der Waals surface area (Å²) in [6.07, 6.45) is 4.36. The molecule has 10 heteroatoms. The van der Waals surface area contributed by atoms with E-state index >= 15 is 0 Å². The van der Waals surface area contributed by atoms with E-state index < -0.39 is 23.3 Å². The Morgan fingerprint density at radius 3 is 2.45 bits per heavy atom. The summed E-state index contributed by atoms with van der Waals surface area (Å²) in [7, 11) is 0. The van der Waals surface area contributed by atoms with Gasteiger partial charge in [-0.1, -0.05) is 6.07 Å². The number of aliphatic hydroxyl groups is 1. The van der Waals surface area contributed by atoms with E-state index in [4.69, 9.17) is 9.97 Å². The normalized spacial score (nSPS) is 18.6. The monoisotopic (exact) mass is 538 g/mol. The molecule has 7 nitrogen and oxygen atoms in total. The Hall–Kier alpha value is -3.24. The Morgan fingerprint density at radius 2 is 1.79 bits per heavy atom. The Labute approximate surface area is 224 Å². The lowest BCUT2D eigenvalue weighted by molar-refractivity contribution is 0.0197. The van der Waals surface area contributed by atoms with Gasteiger partial charge in [0, 0.05) is 17.8 Å². The van der Waals surface area contributed by atoms with Gasteiger partial charge in [0.2, 0.25) is 5.95 Å². The molecule has 5 rings (SSSR count). The quantitative estimate of drug-likeness (QED) is 0.245. The van der Waals surface area contributed by atoms with Gasteiger partial charge >= 0.3 is 0 Å². The number of hydrogen-bond donors (Lipinski definition) is 3. The maximum Gasteiger partial charge on any atom is 0.225 e. The summed E-state index contributed by atoms with van der Waals surface area (Å²) in [6.45, 7) is 9.19. The number of halogens is 2. The minimum Gasteiger partial charge on any atom is -0.390 e. The van der Waals surface area contributed by atoms with Gasteiger partial charge < -0.3 is 15.7 Å². The molecule has 0 aliphatic heterocycles. The standard InChI is InChI=1S/C28H32F2N6OS/c1-14(22-19(29)7-6-8-20(22)30)32-27-33-15(2)23(26-35-24-16(3)31-12-11-21(24)38-26)25(36-27)34-18-10-9-17(13-18)28(4,5)37/h6-8,11-12,14,17-18,37H,9-10,13H2,1-5H3,(H2,32,33,34,36). The van der Waals surface area contributed by atoms with Crippen molar-refractivity contribution in [1.29, 1.82) is 0 Å². The zero-order valence-corrected chi connectivity index (χ0v) is 23.0. The molecule has 38 heavy (non-hydrogen) atoms. The molecule has 4 aromatic rings. The van der Waals surface area contributed by atoms with Gasteiger partial charge in [-0.2, -0.15) is 4.98 Å². The van der Waals surface area contributed by atoms with E-state index in [9.17, 15) is 13.9 Å². The highest BCUT2D eigenvalue weighted by atomic mass is 32.1. The molecule has 1 aromatic carbocycles. The fourth-order valence-corrected chi connectivity index (χ4v) is 6.34. The second-order valence-electron chi connectivity index (χ2n) is 10.6. The molecule has 0 bridgehead atoms. The molecule has 3 N–H and O–H groups in total. The molecule has 1 aliphatic rings. The number of rotatable bonds is 7. The lowest BCUT2D eigenvalue weighted by Crippen LogP contribution is -2.30. The van der Waals surface area contributed by atoms with Crippen LogP contribution < -0.4 is 10.6 Å². The lowest BCUT2D eigenvalue weighted by atomic mass is 9.89. The Bertz CT molecular complexity index is 1460. The molecule has 3 unspecified atom stereocenters. The summed E-state index contributed by atoms with van der Waals surface area (Å²) >= 11 is 1.55. The van der Waals surface area contributed by atoms with Crippen LogP contribution in [-0.2, 0) is 0 Å². The largest absolute Gasteiger partial charge is 0.390 e. The van der Waals surface area contributed by atoms with Crippen molar-refractivity contribution in [3.63, 3.8) is 0 Å². The average molecular weight is 539 g/mol. The number of nitrogens with one attached hydrogen (secondary N) is 2. The summed E-state index contributed by atoms with van der Waals surface area (Å²) in [4.78, 5) is 18.7. The van der Waals surface area contributed by atoms with E-state index in [1.807, 2.05) is 33.8 Å². The number of pyridine rings is 1. The van der Waals surface area contributed by atoms with Gasteiger partial charge in [-0.3, -0.25) is 4.98 Å². The first-order valence-electron chi connectivity index (χ1n) is 12.8. The van der Waals surface area contributed by atoms with Gasteiger partial charge in [0.25, 0.3) is 0 Å². The number of aryl methyl sites for hydroxylation is 2.